The third-order valence-electron chi connectivity index (χ3n) is 10.4. The molecule has 1 saturated heterocycles. The number of anilines is 3. The molecule has 0 radical (unpaired) electrons. The molecule has 4 heterocycles. The van der Waals surface area contributed by atoms with Crippen molar-refractivity contribution >= 4 is 37.3 Å². The van der Waals surface area contributed by atoms with Gasteiger partial charge in [-0.2, -0.15) is 0 Å². The van der Waals surface area contributed by atoms with Gasteiger partial charge in [-0.1, -0.05) is 60.7 Å². The first kappa shape index (κ1) is 31.4. The van der Waals surface area contributed by atoms with Crippen LogP contribution in [0.15, 0.2) is 79.0 Å². The summed E-state index contributed by atoms with van der Waals surface area (Å²) in [6, 6.07) is 23.2. The highest BCUT2D eigenvalue weighted by atomic mass is 28.4. The fourth-order valence-corrected chi connectivity index (χ4v) is 10.7. The number of aliphatic hydroxyl groups excluding tert-OH is 1. The predicted molar refractivity (Wildman–Crippen MR) is 180 cm³/mol. The molecule has 0 bridgehead atoms. The molecular weight excluding hydrogens is 614 g/mol. The number of halogens is 1. The van der Waals surface area contributed by atoms with Gasteiger partial charge >= 0.3 is 0 Å². The van der Waals surface area contributed by atoms with E-state index in [0.29, 0.717) is 48.4 Å². The number of hydrogen-bond acceptors (Lipinski definition) is 6. The van der Waals surface area contributed by atoms with Crippen molar-refractivity contribution in [2.75, 3.05) is 23.5 Å². The summed E-state index contributed by atoms with van der Waals surface area (Å²) in [5.41, 5.74) is 3.73. The van der Waals surface area contributed by atoms with Gasteiger partial charge in [0.1, 0.15) is 0 Å². The number of para-hydroxylation sites is 1. The third kappa shape index (κ3) is 5.11. The molecule has 3 aliphatic heterocycles. The number of carbonyl (C=O) groups excluding carboxylic acids is 2. The average molecular weight is 654 g/mol. The lowest BCUT2D eigenvalue weighted by Crippen LogP contribution is -2.44. The summed E-state index contributed by atoms with van der Waals surface area (Å²) in [7, 11) is -1.63. The van der Waals surface area contributed by atoms with Gasteiger partial charge in [0.15, 0.2) is 5.60 Å². The molecule has 4 aromatic rings. The summed E-state index contributed by atoms with van der Waals surface area (Å²) >= 11 is 0. The number of aliphatic hydroxyl groups is 1. The van der Waals surface area contributed by atoms with E-state index in [2.05, 4.69) is 10.3 Å². The van der Waals surface area contributed by atoms with Gasteiger partial charge in [0.05, 0.1) is 35.7 Å². The van der Waals surface area contributed by atoms with Crippen LogP contribution in [0.5, 0.6) is 0 Å². The smallest absolute Gasteiger partial charge is 0.264 e. The molecule has 9 nitrogen and oxygen atoms in total. The maximum absolute atomic E-state index is 16.3. The molecule has 7 rings (SSSR count). The van der Waals surface area contributed by atoms with E-state index in [4.69, 9.17) is 4.74 Å². The molecule has 2 amide bonds. The molecule has 1 spiro atoms. The highest BCUT2D eigenvalue weighted by Gasteiger charge is 2.66. The van der Waals surface area contributed by atoms with Gasteiger partial charge in [-0.25, -0.2) is 0 Å². The van der Waals surface area contributed by atoms with Crippen molar-refractivity contribution in [2.24, 2.45) is 5.92 Å². The molecule has 0 aliphatic carbocycles. The Kier molecular flexibility index (Phi) is 7.89. The van der Waals surface area contributed by atoms with Crippen LogP contribution in [-0.2, 0) is 32.9 Å². The summed E-state index contributed by atoms with van der Waals surface area (Å²) in [4.78, 5) is 30.9. The minimum Gasteiger partial charge on any atom is -0.395 e. The van der Waals surface area contributed by atoms with Crippen LogP contribution in [0.2, 0.25) is 18.6 Å². The Morgan fingerprint density at radius 1 is 1.04 bits per heavy atom. The van der Waals surface area contributed by atoms with Crippen molar-refractivity contribution in [1.29, 1.82) is 0 Å². The van der Waals surface area contributed by atoms with Crippen molar-refractivity contribution in [2.45, 2.75) is 69.0 Å². The second-order valence-corrected chi connectivity index (χ2v) is 17.3. The van der Waals surface area contributed by atoms with Gasteiger partial charge < -0.3 is 18.9 Å². The van der Waals surface area contributed by atoms with Crippen LogP contribution < -0.4 is 9.80 Å². The molecule has 1 unspecified atom stereocenters. The zero-order valence-corrected chi connectivity index (χ0v) is 28.1. The Labute approximate surface area is 275 Å². The van der Waals surface area contributed by atoms with E-state index < -0.39 is 31.6 Å². The zero-order chi connectivity index (χ0) is 33.1. The van der Waals surface area contributed by atoms with Crippen molar-refractivity contribution < 1.29 is 23.5 Å². The predicted octanol–water partition coefficient (Wildman–Crippen LogP) is 5.85. The Balaban J connectivity index is 1.21. The van der Waals surface area contributed by atoms with Gasteiger partial charge in [0, 0.05) is 48.9 Å². The molecule has 1 N–H and O–H groups in total. The van der Waals surface area contributed by atoms with Crippen LogP contribution >= 0.6 is 0 Å². The Morgan fingerprint density at radius 3 is 2.53 bits per heavy atom. The highest BCUT2D eigenvalue weighted by Crippen LogP contribution is 2.60. The second kappa shape index (κ2) is 11.8. The summed E-state index contributed by atoms with van der Waals surface area (Å²) < 4.78 is 24.9. The molecule has 47 heavy (non-hydrogen) atoms. The summed E-state index contributed by atoms with van der Waals surface area (Å²) in [6.45, 7) is 5.61. The summed E-state index contributed by atoms with van der Waals surface area (Å²) in [6.07, 6.45) is 2.78. The van der Waals surface area contributed by atoms with Crippen LogP contribution in [0.1, 0.15) is 48.1 Å². The largest absolute Gasteiger partial charge is 0.395 e. The number of nitrogens with zero attached hydrogens (tertiary/aromatic N) is 5. The molecule has 244 valence electrons. The number of benzene rings is 3. The topological polar surface area (TPSA) is 101 Å². The van der Waals surface area contributed by atoms with E-state index in [1.54, 1.807) is 34.6 Å². The number of hydrogen-bond donors (Lipinski definition) is 1. The van der Waals surface area contributed by atoms with Gasteiger partial charge in [0.2, 0.25) is 14.3 Å². The molecule has 0 saturated carbocycles. The third-order valence-corrected chi connectivity index (χ3v) is 12.8. The quantitative estimate of drug-likeness (QED) is 0.189. The van der Waals surface area contributed by atoms with Crippen LogP contribution in [0.25, 0.3) is 0 Å². The van der Waals surface area contributed by atoms with Crippen LogP contribution in [0, 0.1) is 5.92 Å². The number of likely N-dealkylation sites (N-methyl/N-ethyl adjacent to an activating group) is 1. The monoisotopic (exact) mass is 653 g/mol. The lowest BCUT2D eigenvalue weighted by Gasteiger charge is -2.32. The fourth-order valence-electron chi connectivity index (χ4n) is 8.16. The molecule has 3 aliphatic rings. The summed E-state index contributed by atoms with van der Waals surface area (Å²) in [5, 5.41) is 18.8. The van der Waals surface area contributed by atoms with E-state index in [0.717, 1.165) is 16.8 Å². The first-order valence-corrected chi connectivity index (χ1v) is 19.3. The maximum atomic E-state index is 16.3. The molecule has 5 atom stereocenters. The van der Waals surface area contributed by atoms with Crippen LogP contribution in [0.3, 0.4) is 0 Å². The minimum atomic E-state index is -3.36. The minimum absolute atomic E-state index is 0.00767. The lowest BCUT2D eigenvalue weighted by atomic mass is 9.82. The number of amides is 2. The fraction of sp³-hybridized carbons (Fsp3) is 0.389. The maximum Gasteiger partial charge on any atom is 0.264 e. The standard InChI is InChI=1S/C36H40FN5O4Si/c1-23-34(47(3,4)37)32(18-19-41-21-29(38-39-41)27(22-43)24-10-6-5-7-11-24)46-36(23)28-20-26(15-16-31(28)40(2)35(36)45)42-30-13-9-8-12-25(30)14-17-33(42)44/h5-13,15-16,20-21,23,27,32,34,43H,14,17-19,22H2,1-4H3/t23-,27?,32+,34-,36+/m1/s1. The van der Waals surface area contributed by atoms with E-state index >= 15 is 4.11 Å². The molecule has 11 heteroatoms. The first-order valence-electron chi connectivity index (χ1n) is 16.3. The van der Waals surface area contributed by atoms with Gasteiger partial charge in [-0.3, -0.25) is 19.2 Å². The van der Waals surface area contributed by atoms with E-state index in [-0.39, 0.29) is 24.3 Å². The highest BCUT2D eigenvalue weighted by molar-refractivity contribution is 6.72. The average Bonchev–Trinajstić information content (AvgIpc) is 3.71. The summed E-state index contributed by atoms with van der Waals surface area (Å²) in [5.74, 6) is -0.980. The Hall–Kier alpha value is -4.19. The molecular formula is C36H40FN5O4Si. The van der Waals surface area contributed by atoms with Gasteiger partial charge in [-0.15, -0.1) is 5.10 Å². The SMILES string of the molecule is C[C@@H]1[C@@H]([Si](C)(C)F)[C@H](CCn2cc(C(CO)c3ccccc3)nn2)O[C@@]12C(=O)N(C)c1ccc(N3C(=O)CCc4ccccc43)cc12. The number of rotatable bonds is 8. The van der Waals surface area contributed by atoms with E-state index in [1.807, 2.05) is 85.9 Å². The number of fused-ring (bicyclic) bond motifs is 3. The number of aromatic nitrogens is 3. The van der Waals surface area contributed by atoms with Crippen LogP contribution in [-0.4, -0.2) is 60.1 Å². The molecule has 3 aromatic carbocycles. The zero-order valence-electron chi connectivity index (χ0n) is 27.1. The normalized spacial score (nSPS) is 24.6. The van der Waals surface area contributed by atoms with E-state index in [9.17, 15) is 14.7 Å². The molecule has 1 aromatic heterocycles. The van der Waals surface area contributed by atoms with Crippen molar-refractivity contribution in [3.8, 4) is 0 Å². The van der Waals surface area contributed by atoms with Crippen molar-refractivity contribution in [3.05, 3.63) is 101 Å². The van der Waals surface area contributed by atoms with Gasteiger partial charge in [0.25, 0.3) is 5.91 Å². The van der Waals surface area contributed by atoms with E-state index in [1.165, 1.54) is 0 Å². The first-order chi connectivity index (χ1) is 22.5. The second-order valence-electron chi connectivity index (χ2n) is 13.5. The number of carbonyl (C=O) groups is 2. The lowest BCUT2D eigenvalue weighted by molar-refractivity contribution is -0.145. The number of ether oxygens (including phenoxy) is 1. The van der Waals surface area contributed by atoms with Crippen molar-refractivity contribution in [1.82, 2.24) is 15.0 Å². The number of aryl methyl sites for hydroxylation is 2. The van der Waals surface area contributed by atoms with Crippen molar-refractivity contribution in [3.63, 3.8) is 0 Å². The van der Waals surface area contributed by atoms with Gasteiger partial charge in [-0.05, 0) is 61.3 Å². The molecule has 1 fully saturated rings. The van der Waals surface area contributed by atoms with Crippen LogP contribution in [0.4, 0.5) is 21.2 Å². The Morgan fingerprint density at radius 2 is 1.79 bits per heavy atom. The Bertz CT molecular complexity index is 1830.